The van der Waals surface area contributed by atoms with Crippen molar-refractivity contribution in [2.45, 2.75) is 287 Å². The summed E-state index contributed by atoms with van der Waals surface area (Å²) < 4.78 is 11.1. The first-order valence-electron chi connectivity index (χ1n) is 26.9. The van der Waals surface area contributed by atoms with Crippen LogP contribution < -0.4 is 5.32 Å². The van der Waals surface area contributed by atoms with Crippen molar-refractivity contribution in [3.05, 3.63) is 36.5 Å². The molecule has 11 heteroatoms. The maximum absolute atomic E-state index is 13.1. The molecule has 8 N–H and O–H groups in total. The van der Waals surface area contributed by atoms with Crippen LogP contribution in [0.5, 0.6) is 0 Å². The van der Waals surface area contributed by atoms with Crippen molar-refractivity contribution in [1.82, 2.24) is 5.32 Å². The van der Waals surface area contributed by atoms with E-state index in [4.69, 9.17) is 9.47 Å². The van der Waals surface area contributed by atoms with Crippen LogP contribution in [0.15, 0.2) is 36.5 Å². The molecular formula is C54H101NO10. The van der Waals surface area contributed by atoms with Gasteiger partial charge >= 0.3 is 0 Å². The van der Waals surface area contributed by atoms with E-state index in [2.05, 4.69) is 55.6 Å². The summed E-state index contributed by atoms with van der Waals surface area (Å²) in [7, 11) is 0. The molecule has 0 aromatic rings. The fourth-order valence-corrected chi connectivity index (χ4v) is 8.45. The van der Waals surface area contributed by atoms with Crippen molar-refractivity contribution in [2.24, 2.45) is 0 Å². The standard InChI is InChI=1S/C54H101NO10/c1-3-5-7-9-11-13-15-17-18-19-20-21-22-23-24-25-26-27-28-29-30-32-34-36-38-40-42-47(58)53(63)55-45(44-64-54-52(62)51(61)50(60)48(43-56)65-54)49(59)46(57)41-39-37-35-33-31-16-14-12-10-8-6-4-2/h12,14,23-24,33,35,45-52,54,56-62H,3-11,13,15-22,25-32,34,36-44H2,1-2H3,(H,55,63)/b14-12+,24-23-,35-33+. The number of hydrogen-bond donors (Lipinski definition) is 8. The van der Waals surface area contributed by atoms with Crippen molar-refractivity contribution in [1.29, 1.82) is 0 Å². The zero-order valence-corrected chi connectivity index (χ0v) is 41.5. The Balaban J connectivity index is 2.30. The lowest BCUT2D eigenvalue weighted by Crippen LogP contribution is -2.60. The number of carbonyl (C=O) groups is 1. The minimum absolute atomic E-state index is 0.245. The monoisotopic (exact) mass is 924 g/mol. The van der Waals surface area contributed by atoms with Crippen molar-refractivity contribution in [3.63, 3.8) is 0 Å². The van der Waals surface area contributed by atoms with Crippen molar-refractivity contribution in [3.8, 4) is 0 Å². The van der Waals surface area contributed by atoms with Crippen LogP contribution >= 0.6 is 0 Å². The molecule has 0 spiro atoms. The predicted octanol–water partition coefficient (Wildman–Crippen LogP) is 10.3. The van der Waals surface area contributed by atoms with Crippen LogP contribution in [0.3, 0.4) is 0 Å². The van der Waals surface area contributed by atoms with Gasteiger partial charge in [-0.25, -0.2) is 0 Å². The average Bonchev–Trinajstić information content (AvgIpc) is 3.31. The molecule has 1 aliphatic heterocycles. The number of nitrogens with one attached hydrogen (secondary N) is 1. The third kappa shape index (κ3) is 32.7. The van der Waals surface area contributed by atoms with Crippen molar-refractivity contribution < 1.29 is 50.0 Å². The molecule has 1 amide bonds. The molecule has 0 aliphatic carbocycles. The second-order valence-electron chi connectivity index (χ2n) is 18.9. The number of carbonyl (C=O) groups excluding carboxylic acids is 1. The number of unbranched alkanes of at least 4 members (excludes halogenated alkanes) is 27. The molecule has 1 aliphatic rings. The van der Waals surface area contributed by atoms with Gasteiger partial charge in [-0.05, 0) is 77.0 Å². The largest absolute Gasteiger partial charge is 0.394 e. The Kier molecular flexibility index (Phi) is 41.1. The fourth-order valence-electron chi connectivity index (χ4n) is 8.45. The normalized spacial score (nSPS) is 21.2. The van der Waals surface area contributed by atoms with Gasteiger partial charge in [-0.3, -0.25) is 4.79 Å². The Morgan fingerprint density at radius 2 is 0.923 bits per heavy atom. The number of aliphatic hydroxyl groups is 7. The van der Waals surface area contributed by atoms with Crippen LogP contribution in [0.25, 0.3) is 0 Å². The predicted molar refractivity (Wildman–Crippen MR) is 265 cm³/mol. The number of aliphatic hydroxyl groups excluding tert-OH is 7. The van der Waals surface area contributed by atoms with E-state index >= 15 is 0 Å². The highest BCUT2D eigenvalue weighted by Crippen LogP contribution is 2.23. The number of hydrogen-bond acceptors (Lipinski definition) is 10. The smallest absolute Gasteiger partial charge is 0.249 e. The summed E-state index contributed by atoms with van der Waals surface area (Å²) in [5, 5.41) is 75.8. The zero-order valence-electron chi connectivity index (χ0n) is 41.5. The summed E-state index contributed by atoms with van der Waals surface area (Å²) in [6.45, 7) is 3.40. The Labute approximate surface area is 397 Å². The molecule has 1 rings (SSSR count). The summed E-state index contributed by atoms with van der Waals surface area (Å²) in [6.07, 6.45) is 40.7. The Morgan fingerprint density at radius 1 is 0.523 bits per heavy atom. The van der Waals surface area contributed by atoms with Gasteiger partial charge < -0.3 is 50.5 Å². The molecule has 1 heterocycles. The number of rotatable bonds is 45. The number of ether oxygens (including phenoxy) is 2. The van der Waals surface area contributed by atoms with Crippen molar-refractivity contribution >= 4 is 5.91 Å². The third-order valence-electron chi connectivity index (χ3n) is 12.9. The quantitative estimate of drug-likeness (QED) is 0.0216. The lowest BCUT2D eigenvalue weighted by Gasteiger charge is -2.40. The van der Waals surface area contributed by atoms with Gasteiger partial charge in [0.05, 0.1) is 25.4 Å². The van der Waals surface area contributed by atoms with Crippen molar-refractivity contribution in [2.75, 3.05) is 13.2 Å². The molecule has 0 aromatic heterocycles. The van der Waals surface area contributed by atoms with E-state index in [0.29, 0.717) is 19.3 Å². The second-order valence-corrected chi connectivity index (χ2v) is 18.9. The maximum atomic E-state index is 13.1. The van der Waals surface area contributed by atoms with Crippen LogP contribution in [0.4, 0.5) is 0 Å². The SMILES string of the molecule is CCCCC/C=C/CC/C=C/CCCC(O)C(O)C(COC1OC(CO)C(O)C(O)C1O)NC(=O)C(O)CCCCCCCCCCCC/C=C\CCCCCCCCCCCCCC. The molecule has 0 bridgehead atoms. The fraction of sp³-hybridized carbons (Fsp3) is 0.870. The zero-order chi connectivity index (χ0) is 47.6. The van der Waals surface area contributed by atoms with Gasteiger partial charge in [-0.1, -0.05) is 192 Å². The van der Waals surface area contributed by atoms with E-state index in [0.717, 1.165) is 38.5 Å². The molecule has 0 aromatic carbocycles. The van der Waals surface area contributed by atoms with Crippen LogP contribution in [-0.2, 0) is 14.3 Å². The van der Waals surface area contributed by atoms with Gasteiger partial charge in [0.1, 0.15) is 36.6 Å². The molecule has 11 nitrogen and oxygen atoms in total. The molecule has 9 unspecified atom stereocenters. The van der Waals surface area contributed by atoms with Crippen LogP contribution in [0.2, 0.25) is 0 Å². The highest BCUT2D eigenvalue weighted by atomic mass is 16.7. The summed E-state index contributed by atoms with van der Waals surface area (Å²) >= 11 is 0. The molecule has 9 atom stereocenters. The van der Waals surface area contributed by atoms with E-state index in [9.17, 15) is 40.5 Å². The Bertz CT molecular complexity index is 1150. The number of amides is 1. The van der Waals surface area contributed by atoms with Crippen LogP contribution in [0.1, 0.15) is 232 Å². The first-order valence-corrected chi connectivity index (χ1v) is 26.9. The summed E-state index contributed by atoms with van der Waals surface area (Å²) in [5.41, 5.74) is 0. The van der Waals surface area contributed by atoms with E-state index in [-0.39, 0.29) is 12.8 Å². The van der Waals surface area contributed by atoms with E-state index < -0.39 is 74.2 Å². The van der Waals surface area contributed by atoms with Gasteiger partial charge in [-0.15, -0.1) is 0 Å². The van der Waals surface area contributed by atoms with Crippen LogP contribution in [0, 0.1) is 0 Å². The lowest BCUT2D eigenvalue weighted by molar-refractivity contribution is -0.303. The maximum Gasteiger partial charge on any atom is 0.249 e. The first-order chi connectivity index (χ1) is 31.7. The third-order valence-corrected chi connectivity index (χ3v) is 12.9. The lowest BCUT2D eigenvalue weighted by atomic mass is 9.98. The molecule has 0 saturated carbocycles. The topological polar surface area (TPSA) is 189 Å². The summed E-state index contributed by atoms with van der Waals surface area (Å²) in [4.78, 5) is 13.1. The Hall–Kier alpha value is -1.67. The summed E-state index contributed by atoms with van der Waals surface area (Å²) in [6, 6.07) is -1.19. The molecule has 1 fully saturated rings. The van der Waals surface area contributed by atoms with Gasteiger partial charge in [0.2, 0.25) is 5.91 Å². The molecule has 382 valence electrons. The second kappa shape index (κ2) is 43.6. The van der Waals surface area contributed by atoms with Gasteiger partial charge in [0, 0.05) is 0 Å². The Morgan fingerprint density at radius 3 is 1.40 bits per heavy atom. The minimum atomic E-state index is -1.67. The van der Waals surface area contributed by atoms with E-state index in [1.165, 1.54) is 148 Å². The van der Waals surface area contributed by atoms with Gasteiger partial charge in [0.15, 0.2) is 6.29 Å². The first kappa shape index (κ1) is 61.3. The molecule has 1 saturated heterocycles. The van der Waals surface area contributed by atoms with Gasteiger partial charge in [0.25, 0.3) is 0 Å². The van der Waals surface area contributed by atoms with E-state index in [1.54, 1.807) is 0 Å². The number of allylic oxidation sites excluding steroid dienone is 6. The van der Waals surface area contributed by atoms with E-state index in [1.807, 2.05) is 0 Å². The molecular weight excluding hydrogens is 823 g/mol. The molecule has 65 heavy (non-hydrogen) atoms. The molecule has 0 radical (unpaired) electrons. The highest BCUT2D eigenvalue weighted by molar-refractivity contribution is 5.80. The van der Waals surface area contributed by atoms with Gasteiger partial charge in [-0.2, -0.15) is 0 Å². The average molecular weight is 924 g/mol. The minimum Gasteiger partial charge on any atom is -0.394 e. The summed E-state index contributed by atoms with van der Waals surface area (Å²) in [5.74, 6) is -0.712. The van der Waals surface area contributed by atoms with Crippen LogP contribution in [-0.4, -0.2) is 110 Å². The highest BCUT2D eigenvalue weighted by Gasteiger charge is 2.44.